The van der Waals surface area contributed by atoms with Crippen LogP contribution < -0.4 is 0 Å². The topological polar surface area (TPSA) is 55.8 Å². The Morgan fingerprint density at radius 3 is 1.46 bits per heavy atom. The highest BCUT2D eigenvalue weighted by atomic mass is 16.6. The van der Waals surface area contributed by atoms with Gasteiger partial charge >= 0.3 is 5.97 Å². The zero-order valence-electron chi connectivity index (χ0n) is 26.4. The average Bonchev–Trinajstić information content (AvgIpc) is 2.94. The van der Waals surface area contributed by atoms with E-state index in [1.807, 2.05) is 0 Å². The number of ether oxygens (including phenoxy) is 2. The monoisotopic (exact) mass is 553 g/mol. The molecule has 1 N–H and O–H groups in total. The molecule has 4 heteroatoms. The van der Waals surface area contributed by atoms with Crippen molar-refractivity contribution in [1.82, 2.24) is 0 Å². The number of esters is 1. The Bertz CT molecular complexity index is 505. The van der Waals surface area contributed by atoms with Gasteiger partial charge in [-0.05, 0) is 38.5 Å². The van der Waals surface area contributed by atoms with Crippen LogP contribution in [0.1, 0.15) is 181 Å². The normalized spacial score (nSPS) is 12.4. The molecule has 0 amide bonds. The molecule has 0 radical (unpaired) electrons. The summed E-state index contributed by atoms with van der Waals surface area (Å²) >= 11 is 0. The predicted octanol–water partition coefficient (Wildman–Crippen LogP) is 10.6. The van der Waals surface area contributed by atoms with E-state index >= 15 is 0 Å². The minimum atomic E-state index is -0.524. The maximum absolute atomic E-state index is 11.9. The van der Waals surface area contributed by atoms with Crippen LogP contribution in [0.5, 0.6) is 0 Å². The first-order valence-electron chi connectivity index (χ1n) is 17.3. The van der Waals surface area contributed by atoms with E-state index in [4.69, 9.17) is 9.47 Å². The number of allylic oxidation sites excluding steroid dienone is 2. The lowest BCUT2D eigenvalue weighted by molar-refractivity contribution is -0.154. The molecule has 39 heavy (non-hydrogen) atoms. The van der Waals surface area contributed by atoms with Gasteiger partial charge in [0, 0.05) is 13.0 Å². The zero-order valence-corrected chi connectivity index (χ0v) is 26.4. The molecular weight excluding hydrogens is 484 g/mol. The van der Waals surface area contributed by atoms with Gasteiger partial charge in [-0.3, -0.25) is 4.79 Å². The lowest BCUT2D eigenvalue weighted by Crippen LogP contribution is -2.27. The van der Waals surface area contributed by atoms with Crippen molar-refractivity contribution in [2.24, 2.45) is 0 Å². The predicted molar refractivity (Wildman–Crippen MR) is 168 cm³/mol. The number of unbranched alkanes of at least 4 members (excludes halogenated alkanes) is 22. The number of hydrogen-bond acceptors (Lipinski definition) is 4. The van der Waals surface area contributed by atoms with Crippen LogP contribution in [0.2, 0.25) is 0 Å². The Kier molecular flexibility index (Phi) is 32.6. The molecule has 0 bridgehead atoms. The Balaban J connectivity index is 3.31. The Labute approximate surface area is 244 Å². The van der Waals surface area contributed by atoms with Crippen LogP contribution in [0.4, 0.5) is 0 Å². The van der Waals surface area contributed by atoms with Crippen LogP contribution in [-0.2, 0) is 14.3 Å². The number of aliphatic hydroxyl groups is 1. The van der Waals surface area contributed by atoms with E-state index in [0.29, 0.717) is 19.6 Å². The van der Waals surface area contributed by atoms with Gasteiger partial charge in [0.1, 0.15) is 6.10 Å². The van der Waals surface area contributed by atoms with E-state index in [1.165, 1.54) is 141 Å². The highest BCUT2D eigenvalue weighted by molar-refractivity contribution is 5.69. The molecule has 0 aliphatic carbocycles. The molecule has 0 spiro atoms. The van der Waals surface area contributed by atoms with Gasteiger partial charge in [-0.15, -0.1) is 0 Å². The minimum Gasteiger partial charge on any atom is -0.457 e. The first-order valence-corrected chi connectivity index (χ1v) is 17.3. The van der Waals surface area contributed by atoms with Crippen LogP contribution in [0.15, 0.2) is 12.2 Å². The van der Waals surface area contributed by atoms with Gasteiger partial charge in [0.05, 0.1) is 13.2 Å². The standard InChI is InChI=1S/C35H68O4/c1-3-5-7-9-10-11-12-13-14-15-16-17-18-19-20-21-22-23-24-25-27-29-31-38-33-34(32-36)39-35(37)30-28-26-8-6-4-2/h15-16,34,36H,3-14,17-33H2,1-2H3/b16-15-. The Morgan fingerprint density at radius 1 is 0.590 bits per heavy atom. The molecule has 4 nitrogen and oxygen atoms in total. The summed E-state index contributed by atoms with van der Waals surface area (Å²) in [5, 5.41) is 9.44. The fourth-order valence-electron chi connectivity index (χ4n) is 4.97. The summed E-state index contributed by atoms with van der Waals surface area (Å²) in [6.45, 7) is 5.28. The van der Waals surface area contributed by atoms with Gasteiger partial charge in [0.25, 0.3) is 0 Å². The number of rotatable bonds is 32. The van der Waals surface area contributed by atoms with Crippen molar-refractivity contribution in [2.75, 3.05) is 19.8 Å². The van der Waals surface area contributed by atoms with Gasteiger partial charge in [-0.1, -0.05) is 148 Å². The number of hydrogen-bond donors (Lipinski definition) is 1. The number of carbonyl (C=O) groups is 1. The lowest BCUT2D eigenvalue weighted by atomic mass is 10.1. The first kappa shape index (κ1) is 38.1. The molecule has 0 aromatic heterocycles. The van der Waals surface area contributed by atoms with Gasteiger partial charge in [0.2, 0.25) is 0 Å². The van der Waals surface area contributed by atoms with E-state index in [2.05, 4.69) is 26.0 Å². The van der Waals surface area contributed by atoms with Crippen molar-refractivity contribution in [1.29, 1.82) is 0 Å². The molecule has 0 aliphatic heterocycles. The van der Waals surface area contributed by atoms with Crippen molar-refractivity contribution in [3.63, 3.8) is 0 Å². The molecule has 0 fully saturated rings. The fourth-order valence-corrected chi connectivity index (χ4v) is 4.97. The van der Waals surface area contributed by atoms with Crippen molar-refractivity contribution in [2.45, 2.75) is 187 Å². The van der Waals surface area contributed by atoms with Gasteiger partial charge in [-0.2, -0.15) is 0 Å². The van der Waals surface area contributed by atoms with Crippen LogP contribution >= 0.6 is 0 Å². The van der Waals surface area contributed by atoms with Crippen molar-refractivity contribution < 1.29 is 19.4 Å². The maximum Gasteiger partial charge on any atom is 0.306 e. The van der Waals surface area contributed by atoms with E-state index in [1.54, 1.807) is 0 Å². The second kappa shape index (κ2) is 33.3. The summed E-state index contributed by atoms with van der Waals surface area (Å²) in [6, 6.07) is 0. The summed E-state index contributed by atoms with van der Waals surface area (Å²) < 4.78 is 11.0. The van der Waals surface area contributed by atoms with Crippen molar-refractivity contribution in [3.8, 4) is 0 Å². The molecule has 1 unspecified atom stereocenters. The molecule has 0 aliphatic rings. The van der Waals surface area contributed by atoms with Gasteiger partial charge in [0.15, 0.2) is 0 Å². The number of aliphatic hydroxyl groups excluding tert-OH is 1. The second-order valence-electron chi connectivity index (χ2n) is 11.6. The third-order valence-corrected chi connectivity index (χ3v) is 7.59. The number of carbonyl (C=O) groups excluding carboxylic acids is 1. The lowest BCUT2D eigenvalue weighted by Gasteiger charge is -2.15. The molecule has 0 aromatic rings. The highest BCUT2D eigenvalue weighted by Crippen LogP contribution is 2.13. The average molecular weight is 553 g/mol. The van der Waals surface area contributed by atoms with Gasteiger partial charge < -0.3 is 14.6 Å². The zero-order chi connectivity index (χ0) is 28.5. The van der Waals surface area contributed by atoms with Crippen LogP contribution in [0.3, 0.4) is 0 Å². The van der Waals surface area contributed by atoms with Crippen LogP contribution in [-0.4, -0.2) is 37.0 Å². The highest BCUT2D eigenvalue weighted by Gasteiger charge is 2.13. The van der Waals surface area contributed by atoms with E-state index in [9.17, 15) is 9.90 Å². The summed E-state index contributed by atoms with van der Waals surface area (Å²) in [5.74, 6) is -0.213. The van der Waals surface area contributed by atoms with Gasteiger partial charge in [-0.25, -0.2) is 0 Å². The summed E-state index contributed by atoms with van der Waals surface area (Å²) in [6.07, 6.45) is 37.1. The maximum atomic E-state index is 11.9. The van der Waals surface area contributed by atoms with Crippen LogP contribution in [0, 0.1) is 0 Å². The fraction of sp³-hybridized carbons (Fsp3) is 0.914. The molecular formula is C35H68O4. The Morgan fingerprint density at radius 2 is 1.00 bits per heavy atom. The van der Waals surface area contributed by atoms with Crippen LogP contribution in [0.25, 0.3) is 0 Å². The quantitative estimate of drug-likeness (QED) is 0.0512. The molecule has 0 aromatic carbocycles. The molecule has 0 rings (SSSR count). The van der Waals surface area contributed by atoms with E-state index < -0.39 is 6.10 Å². The SMILES string of the molecule is CCCCCCCCCC/C=C\CCCCCCCCCCCCOCC(CO)OC(=O)CCCCCCC. The summed E-state index contributed by atoms with van der Waals surface area (Å²) in [7, 11) is 0. The first-order chi connectivity index (χ1) is 19.2. The van der Waals surface area contributed by atoms with Crippen molar-refractivity contribution in [3.05, 3.63) is 12.2 Å². The molecule has 232 valence electrons. The largest absolute Gasteiger partial charge is 0.457 e. The third kappa shape index (κ3) is 31.5. The van der Waals surface area contributed by atoms with E-state index in [-0.39, 0.29) is 12.6 Å². The van der Waals surface area contributed by atoms with Crippen molar-refractivity contribution >= 4 is 5.97 Å². The third-order valence-electron chi connectivity index (χ3n) is 7.59. The minimum absolute atomic E-state index is 0.169. The second-order valence-corrected chi connectivity index (χ2v) is 11.6. The summed E-state index contributed by atoms with van der Waals surface area (Å²) in [5.41, 5.74) is 0. The Hall–Kier alpha value is -0.870. The molecule has 0 heterocycles. The molecule has 0 saturated carbocycles. The van der Waals surface area contributed by atoms with E-state index in [0.717, 1.165) is 19.3 Å². The smallest absolute Gasteiger partial charge is 0.306 e. The molecule has 0 saturated heterocycles. The summed E-state index contributed by atoms with van der Waals surface area (Å²) in [4.78, 5) is 11.9. The molecule has 1 atom stereocenters.